The highest BCUT2D eigenvalue weighted by Gasteiger charge is 2.40. The molecule has 0 bridgehead atoms. The number of para-hydroxylation sites is 1. The van der Waals surface area contributed by atoms with E-state index in [9.17, 15) is 4.79 Å². The number of aliphatic imine (C=N–C) groups is 1. The number of amides is 1. The number of fused-ring (bicyclic) bond motifs is 1. The van der Waals surface area contributed by atoms with Crippen LogP contribution < -0.4 is 9.80 Å². The summed E-state index contributed by atoms with van der Waals surface area (Å²) in [5.41, 5.74) is 3.88. The molecule has 5 rings (SSSR count). The van der Waals surface area contributed by atoms with Crippen molar-refractivity contribution in [2.75, 3.05) is 16.8 Å². The lowest BCUT2D eigenvalue weighted by Crippen LogP contribution is -2.29. The minimum Gasteiger partial charge on any atom is -0.337 e. The van der Waals surface area contributed by atoms with E-state index in [0.717, 1.165) is 37.0 Å². The van der Waals surface area contributed by atoms with Crippen molar-refractivity contribution in [3.8, 4) is 0 Å². The summed E-state index contributed by atoms with van der Waals surface area (Å²) in [6, 6.07) is 24.0. The topological polar surface area (TPSA) is 35.9 Å². The molecule has 0 N–H and O–H groups in total. The van der Waals surface area contributed by atoms with Crippen molar-refractivity contribution in [2.24, 2.45) is 4.99 Å². The van der Waals surface area contributed by atoms with Gasteiger partial charge in [-0.05, 0) is 67.2 Å². The van der Waals surface area contributed by atoms with Crippen LogP contribution in [0.2, 0.25) is 0 Å². The summed E-state index contributed by atoms with van der Waals surface area (Å²) in [7, 11) is 2.01. The van der Waals surface area contributed by atoms with Gasteiger partial charge < -0.3 is 4.90 Å². The minimum absolute atomic E-state index is 0.0492. The maximum absolute atomic E-state index is 13.6. The first-order valence-corrected chi connectivity index (χ1v) is 12.1. The monoisotopic (exact) mass is 507 g/mol. The Balaban J connectivity index is 1.61. The van der Waals surface area contributed by atoms with Crippen LogP contribution in [0.4, 0.5) is 17.1 Å². The second-order valence-corrected chi connectivity index (χ2v) is 10.1. The van der Waals surface area contributed by atoms with Gasteiger partial charge in [0, 0.05) is 16.4 Å². The summed E-state index contributed by atoms with van der Waals surface area (Å²) < 4.78 is 0.992. The number of hydrogen-bond donors (Lipinski definition) is 0. The van der Waals surface area contributed by atoms with Gasteiger partial charge in [0.25, 0.3) is 5.91 Å². The van der Waals surface area contributed by atoms with Crippen molar-refractivity contribution < 1.29 is 4.79 Å². The number of aryl methyl sites for hydroxylation is 1. The summed E-state index contributed by atoms with van der Waals surface area (Å²) in [5.74, 6) is -0.0492. The maximum atomic E-state index is 13.6. The number of halogens is 1. The maximum Gasteiger partial charge on any atom is 0.274 e. The Morgan fingerprint density at radius 3 is 2.32 bits per heavy atom. The highest BCUT2D eigenvalue weighted by molar-refractivity contribution is 9.10. The zero-order chi connectivity index (χ0) is 21.5. The van der Waals surface area contributed by atoms with Crippen LogP contribution in [0.25, 0.3) is 0 Å². The van der Waals surface area contributed by atoms with E-state index in [1.165, 1.54) is 11.8 Å². The SMILES string of the molecule is Cc1ccc(N2C(=O)/C(=C3/Sc4ccccc4N3C)SC2=Nc2ccc(Br)cc2)cc1. The predicted octanol–water partition coefficient (Wildman–Crippen LogP) is 6.94. The molecule has 1 saturated heterocycles. The largest absolute Gasteiger partial charge is 0.337 e. The normalized spacial score (nSPS) is 19.5. The lowest BCUT2D eigenvalue weighted by Gasteiger charge is -2.17. The van der Waals surface area contributed by atoms with Crippen LogP contribution in [0.1, 0.15) is 5.56 Å². The van der Waals surface area contributed by atoms with Crippen molar-refractivity contribution in [1.29, 1.82) is 0 Å². The molecule has 3 aromatic rings. The lowest BCUT2D eigenvalue weighted by molar-refractivity contribution is -0.113. The van der Waals surface area contributed by atoms with E-state index in [1.54, 1.807) is 16.7 Å². The predicted molar refractivity (Wildman–Crippen MR) is 135 cm³/mol. The van der Waals surface area contributed by atoms with Gasteiger partial charge in [-0.3, -0.25) is 9.69 Å². The number of rotatable bonds is 2. The van der Waals surface area contributed by atoms with Gasteiger partial charge in [0.05, 0.1) is 22.1 Å². The molecule has 7 heteroatoms. The summed E-state index contributed by atoms with van der Waals surface area (Å²) in [4.78, 5) is 24.1. The molecule has 0 aliphatic carbocycles. The number of anilines is 2. The minimum atomic E-state index is -0.0492. The van der Waals surface area contributed by atoms with Gasteiger partial charge in [0.15, 0.2) is 5.17 Å². The fourth-order valence-corrected chi connectivity index (χ4v) is 6.04. The van der Waals surface area contributed by atoms with Gasteiger partial charge >= 0.3 is 0 Å². The molecule has 4 nitrogen and oxygen atoms in total. The molecule has 1 amide bonds. The molecule has 0 aromatic heterocycles. The van der Waals surface area contributed by atoms with Gasteiger partial charge in [0.1, 0.15) is 4.91 Å². The first-order valence-electron chi connectivity index (χ1n) is 9.69. The van der Waals surface area contributed by atoms with Crippen LogP contribution in [0.15, 0.2) is 97.1 Å². The fraction of sp³-hybridized carbons (Fsp3) is 0.0833. The van der Waals surface area contributed by atoms with Gasteiger partial charge in [-0.2, -0.15) is 0 Å². The number of hydrogen-bond acceptors (Lipinski definition) is 5. The number of benzene rings is 3. The number of nitrogens with zero attached hydrogens (tertiary/aromatic N) is 3. The molecule has 0 spiro atoms. The van der Waals surface area contributed by atoms with Crippen molar-refractivity contribution in [3.05, 3.63) is 92.8 Å². The Kier molecular flexibility index (Phi) is 5.42. The van der Waals surface area contributed by atoms with Crippen LogP contribution in [-0.4, -0.2) is 18.1 Å². The van der Waals surface area contributed by atoms with Crippen LogP contribution in [-0.2, 0) is 4.79 Å². The standard InChI is InChI=1S/C24H18BrN3OS2/c1-15-7-13-18(14-8-15)28-22(29)21(23-27(2)19-5-3-4-6-20(19)30-23)31-24(28)26-17-11-9-16(25)10-12-17/h3-14H,1-2H3/b23-21-,26-24?. The zero-order valence-electron chi connectivity index (χ0n) is 16.9. The summed E-state index contributed by atoms with van der Waals surface area (Å²) in [6.07, 6.45) is 0. The Morgan fingerprint density at radius 2 is 1.61 bits per heavy atom. The van der Waals surface area contributed by atoms with E-state index in [4.69, 9.17) is 4.99 Å². The van der Waals surface area contributed by atoms with Crippen molar-refractivity contribution >= 4 is 67.6 Å². The van der Waals surface area contributed by atoms with E-state index in [-0.39, 0.29) is 5.91 Å². The molecule has 0 unspecified atom stereocenters. The first-order chi connectivity index (χ1) is 15.0. The number of amidine groups is 1. The van der Waals surface area contributed by atoms with Crippen LogP contribution in [0.5, 0.6) is 0 Å². The number of carbonyl (C=O) groups is 1. The second kappa shape index (κ2) is 8.22. The molecule has 2 aliphatic rings. The quantitative estimate of drug-likeness (QED) is 0.352. The van der Waals surface area contributed by atoms with Gasteiger partial charge in [-0.25, -0.2) is 4.99 Å². The fourth-order valence-electron chi connectivity index (χ4n) is 3.43. The van der Waals surface area contributed by atoms with Crippen molar-refractivity contribution in [1.82, 2.24) is 0 Å². The van der Waals surface area contributed by atoms with Crippen LogP contribution >= 0.6 is 39.5 Å². The lowest BCUT2D eigenvalue weighted by atomic mass is 10.2. The van der Waals surface area contributed by atoms with Crippen LogP contribution in [0.3, 0.4) is 0 Å². The highest BCUT2D eigenvalue weighted by atomic mass is 79.9. The first kappa shape index (κ1) is 20.4. The molecular weight excluding hydrogens is 490 g/mol. The summed E-state index contributed by atoms with van der Waals surface area (Å²) >= 11 is 6.52. The number of thioether (sulfide) groups is 2. The Labute approximate surface area is 198 Å². The van der Waals surface area contributed by atoms with E-state index >= 15 is 0 Å². The molecule has 0 saturated carbocycles. The van der Waals surface area contributed by atoms with Gasteiger partial charge in [-0.1, -0.05) is 57.5 Å². The molecule has 0 radical (unpaired) electrons. The molecular formula is C24H18BrN3OS2. The van der Waals surface area contributed by atoms with E-state index in [2.05, 4.69) is 33.0 Å². The van der Waals surface area contributed by atoms with Crippen molar-refractivity contribution in [3.63, 3.8) is 0 Å². The number of carbonyl (C=O) groups excluding carboxylic acids is 1. The molecule has 2 aliphatic heterocycles. The zero-order valence-corrected chi connectivity index (χ0v) is 20.1. The molecule has 31 heavy (non-hydrogen) atoms. The highest BCUT2D eigenvalue weighted by Crippen LogP contribution is 2.50. The second-order valence-electron chi connectivity index (χ2n) is 7.21. The Hall–Kier alpha value is -2.48. The molecule has 1 fully saturated rings. The molecule has 154 valence electrons. The van der Waals surface area contributed by atoms with Crippen molar-refractivity contribution in [2.45, 2.75) is 11.8 Å². The van der Waals surface area contributed by atoms with E-state index in [1.807, 2.05) is 74.6 Å². The average Bonchev–Trinajstić information content (AvgIpc) is 3.27. The third-order valence-corrected chi connectivity index (χ3v) is 7.98. The van der Waals surface area contributed by atoms with E-state index < -0.39 is 0 Å². The van der Waals surface area contributed by atoms with E-state index in [0.29, 0.717) is 10.1 Å². The Morgan fingerprint density at radius 1 is 0.903 bits per heavy atom. The molecule has 0 atom stereocenters. The Bertz CT molecular complexity index is 1240. The third-order valence-electron chi connectivity index (χ3n) is 5.06. The van der Waals surface area contributed by atoms with Crippen LogP contribution in [0, 0.1) is 6.92 Å². The summed E-state index contributed by atoms with van der Waals surface area (Å²) in [6.45, 7) is 2.04. The average molecular weight is 508 g/mol. The third kappa shape index (κ3) is 3.82. The molecule has 3 aromatic carbocycles. The van der Waals surface area contributed by atoms with Gasteiger partial charge in [0.2, 0.25) is 0 Å². The molecule has 2 heterocycles. The van der Waals surface area contributed by atoms with Gasteiger partial charge in [-0.15, -0.1) is 0 Å². The summed E-state index contributed by atoms with van der Waals surface area (Å²) in [5, 5.41) is 1.60. The smallest absolute Gasteiger partial charge is 0.274 e.